The lowest BCUT2D eigenvalue weighted by Gasteiger charge is -2.07. The zero-order valence-electron chi connectivity index (χ0n) is 9.88. The summed E-state index contributed by atoms with van der Waals surface area (Å²) in [5.74, 6) is -0.182. The average molecular weight is 263 g/mol. The normalized spacial score (nSPS) is 10.7. The highest BCUT2D eigenvalue weighted by atomic mass is 32.2. The molecule has 0 bridgehead atoms. The fourth-order valence-electron chi connectivity index (χ4n) is 1.56. The monoisotopic (exact) mass is 263 g/mol. The predicted molar refractivity (Wildman–Crippen MR) is 71.7 cm³/mol. The van der Waals surface area contributed by atoms with Gasteiger partial charge >= 0.3 is 5.97 Å². The Kier molecular flexibility index (Phi) is 3.66. The van der Waals surface area contributed by atoms with Gasteiger partial charge in [-0.3, -0.25) is 4.79 Å². The molecule has 94 valence electrons. The minimum Gasteiger partial charge on any atom is -0.481 e. The van der Waals surface area contributed by atoms with Crippen LogP contribution in [0.1, 0.15) is 12.7 Å². The largest absolute Gasteiger partial charge is 0.481 e. The molecule has 0 amide bonds. The standard InChI is InChI=1S/C12H13N3O2S/c1-2-10-14-9-4-3-7(13)5-8(9)12(15-10)18-6-11(16)17/h3-5H,2,6,13H2,1H3,(H,16,17). The smallest absolute Gasteiger partial charge is 0.313 e. The molecule has 0 aliphatic carbocycles. The first-order chi connectivity index (χ1) is 8.60. The van der Waals surface area contributed by atoms with Crippen LogP contribution in [0.3, 0.4) is 0 Å². The Balaban J connectivity index is 2.52. The van der Waals surface area contributed by atoms with Crippen molar-refractivity contribution in [2.75, 3.05) is 11.5 Å². The van der Waals surface area contributed by atoms with Gasteiger partial charge in [-0.2, -0.15) is 0 Å². The number of anilines is 1. The van der Waals surface area contributed by atoms with Gasteiger partial charge in [0.25, 0.3) is 0 Å². The molecule has 0 saturated carbocycles. The van der Waals surface area contributed by atoms with Crippen LogP contribution in [0.4, 0.5) is 5.69 Å². The second-order valence-electron chi connectivity index (χ2n) is 3.76. The highest BCUT2D eigenvalue weighted by Gasteiger charge is 2.09. The van der Waals surface area contributed by atoms with Crippen LogP contribution in [0.5, 0.6) is 0 Å². The van der Waals surface area contributed by atoms with Crippen molar-refractivity contribution in [1.82, 2.24) is 9.97 Å². The van der Waals surface area contributed by atoms with Crippen LogP contribution >= 0.6 is 11.8 Å². The zero-order chi connectivity index (χ0) is 13.1. The number of nitrogens with zero attached hydrogens (tertiary/aromatic N) is 2. The summed E-state index contributed by atoms with van der Waals surface area (Å²) in [6.45, 7) is 1.96. The lowest BCUT2D eigenvalue weighted by atomic mass is 10.2. The number of hydrogen-bond acceptors (Lipinski definition) is 5. The second-order valence-corrected chi connectivity index (χ2v) is 4.72. The van der Waals surface area contributed by atoms with Crippen molar-refractivity contribution in [3.8, 4) is 0 Å². The highest BCUT2D eigenvalue weighted by molar-refractivity contribution is 8.00. The van der Waals surface area contributed by atoms with E-state index in [1.165, 1.54) is 11.8 Å². The summed E-state index contributed by atoms with van der Waals surface area (Å²) < 4.78 is 0. The number of nitrogens with two attached hydrogens (primary N) is 1. The van der Waals surface area contributed by atoms with E-state index in [1.807, 2.05) is 13.0 Å². The Morgan fingerprint density at radius 2 is 2.22 bits per heavy atom. The van der Waals surface area contributed by atoms with Gasteiger partial charge < -0.3 is 10.8 Å². The molecular weight excluding hydrogens is 250 g/mol. The molecule has 18 heavy (non-hydrogen) atoms. The molecule has 1 aromatic carbocycles. The number of carbonyl (C=O) groups is 1. The summed E-state index contributed by atoms with van der Waals surface area (Å²) in [5, 5.41) is 10.2. The van der Waals surface area contributed by atoms with Crippen LogP contribution < -0.4 is 5.73 Å². The summed E-state index contributed by atoms with van der Waals surface area (Å²) in [6.07, 6.45) is 0.709. The summed E-state index contributed by atoms with van der Waals surface area (Å²) in [7, 11) is 0. The van der Waals surface area contributed by atoms with E-state index >= 15 is 0 Å². The number of benzene rings is 1. The van der Waals surface area contributed by atoms with Gasteiger partial charge in [0.2, 0.25) is 0 Å². The van der Waals surface area contributed by atoms with Gasteiger partial charge in [0.05, 0.1) is 11.3 Å². The van der Waals surface area contributed by atoms with Crippen LogP contribution in [0.2, 0.25) is 0 Å². The Morgan fingerprint density at radius 1 is 1.44 bits per heavy atom. The van der Waals surface area contributed by atoms with Gasteiger partial charge in [0.15, 0.2) is 0 Å². The van der Waals surface area contributed by atoms with Crippen LogP contribution in [0.15, 0.2) is 23.2 Å². The van der Waals surface area contributed by atoms with Crippen molar-refractivity contribution < 1.29 is 9.90 Å². The summed E-state index contributed by atoms with van der Waals surface area (Å²) >= 11 is 1.19. The Labute approximate surface area is 108 Å². The number of aryl methyl sites for hydroxylation is 1. The molecule has 0 radical (unpaired) electrons. The van der Waals surface area contributed by atoms with Gasteiger partial charge in [-0.15, -0.1) is 0 Å². The van der Waals surface area contributed by atoms with Gasteiger partial charge in [-0.1, -0.05) is 18.7 Å². The van der Waals surface area contributed by atoms with E-state index in [0.717, 1.165) is 10.9 Å². The van der Waals surface area contributed by atoms with Crippen molar-refractivity contribution >= 4 is 34.3 Å². The number of aliphatic carboxylic acids is 1. The van der Waals surface area contributed by atoms with E-state index < -0.39 is 5.97 Å². The van der Waals surface area contributed by atoms with Crippen molar-refractivity contribution in [1.29, 1.82) is 0 Å². The maximum atomic E-state index is 10.6. The molecule has 1 aromatic heterocycles. The van der Waals surface area contributed by atoms with E-state index in [-0.39, 0.29) is 5.75 Å². The quantitative estimate of drug-likeness (QED) is 0.498. The van der Waals surface area contributed by atoms with Crippen molar-refractivity contribution in [2.45, 2.75) is 18.4 Å². The Hall–Kier alpha value is -1.82. The van der Waals surface area contributed by atoms with E-state index in [9.17, 15) is 4.79 Å². The lowest BCUT2D eigenvalue weighted by molar-refractivity contribution is -0.133. The van der Waals surface area contributed by atoms with Crippen LogP contribution in [0.25, 0.3) is 10.9 Å². The van der Waals surface area contributed by atoms with Crippen molar-refractivity contribution in [3.63, 3.8) is 0 Å². The molecule has 1 heterocycles. The molecule has 0 fully saturated rings. The minimum atomic E-state index is -0.867. The summed E-state index contributed by atoms with van der Waals surface area (Å²) in [4.78, 5) is 19.4. The number of thioether (sulfide) groups is 1. The number of carboxylic acid groups (broad SMARTS) is 1. The molecular formula is C12H13N3O2S. The SMILES string of the molecule is CCc1nc(SCC(=O)O)c2cc(N)ccc2n1. The van der Waals surface area contributed by atoms with Crippen LogP contribution in [-0.2, 0) is 11.2 Å². The fourth-order valence-corrected chi connectivity index (χ4v) is 2.31. The van der Waals surface area contributed by atoms with E-state index in [4.69, 9.17) is 10.8 Å². The number of rotatable bonds is 4. The number of nitrogen functional groups attached to an aromatic ring is 1. The number of aromatic nitrogens is 2. The Morgan fingerprint density at radius 3 is 2.89 bits per heavy atom. The molecule has 5 nitrogen and oxygen atoms in total. The van der Waals surface area contributed by atoms with E-state index in [0.29, 0.717) is 23.0 Å². The van der Waals surface area contributed by atoms with Crippen molar-refractivity contribution in [2.24, 2.45) is 0 Å². The molecule has 0 aliphatic heterocycles. The first-order valence-corrected chi connectivity index (χ1v) is 6.49. The minimum absolute atomic E-state index is 0.0237. The first kappa shape index (κ1) is 12.6. The topological polar surface area (TPSA) is 89.1 Å². The molecule has 6 heteroatoms. The third kappa shape index (κ3) is 2.70. The average Bonchev–Trinajstić information content (AvgIpc) is 2.35. The number of fused-ring (bicyclic) bond motifs is 1. The lowest BCUT2D eigenvalue weighted by Crippen LogP contribution is -2.01. The molecule has 2 aromatic rings. The molecule has 2 rings (SSSR count). The van der Waals surface area contributed by atoms with Gasteiger partial charge in [-0.05, 0) is 18.2 Å². The van der Waals surface area contributed by atoms with Gasteiger partial charge in [0, 0.05) is 17.5 Å². The van der Waals surface area contributed by atoms with E-state index in [2.05, 4.69) is 9.97 Å². The third-order valence-corrected chi connectivity index (χ3v) is 3.36. The summed E-state index contributed by atoms with van der Waals surface area (Å²) in [6, 6.07) is 5.38. The molecule has 0 spiro atoms. The Bertz CT molecular complexity index is 601. The molecule has 3 N–H and O–H groups in total. The maximum absolute atomic E-state index is 10.6. The molecule has 0 unspecified atom stereocenters. The molecule has 0 aliphatic rings. The number of carboxylic acids is 1. The highest BCUT2D eigenvalue weighted by Crippen LogP contribution is 2.27. The molecule has 0 saturated heterocycles. The van der Waals surface area contributed by atoms with Crippen molar-refractivity contribution in [3.05, 3.63) is 24.0 Å². The zero-order valence-corrected chi connectivity index (χ0v) is 10.7. The van der Waals surface area contributed by atoms with Gasteiger partial charge in [-0.25, -0.2) is 9.97 Å². The maximum Gasteiger partial charge on any atom is 0.313 e. The summed E-state index contributed by atoms with van der Waals surface area (Å²) in [5.41, 5.74) is 7.15. The predicted octanol–water partition coefficient (Wildman–Crippen LogP) is 1.95. The van der Waals surface area contributed by atoms with Crippen LogP contribution in [-0.4, -0.2) is 26.8 Å². The second kappa shape index (κ2) is 5.22. The first-order valence-electron chi connectivity index (χ1n) is 5.51. The van der Waals surface area contributed by atoms with Gasteiger partial charge in [0.1, 0.15) is 10.9 Å². The third-order valence-electron chi connectivity index (χ3n) is 2.38. The fraction of sp³-hybridized carbons (Fsp3) is 0.250. The number of hydrogen-bond donors (Lipinski definition) is 2. The van der Waals surface area contributed by atoms with E-state index in [1.54, 1.807) is 12.1 Å². The van der Waals surface area contributed by atoms with Crippen LogP contribution in [0, 0.1) is 0 Å². The molecule has 0 atom stereocenters.